The Morgan fingerprint density at radius 2 is 2.00 bits per heavy atom. The number of hydrogen-bond acceptors (Lipinski definition) is 3. The van der Waals surface area contributed by atoms with Gasteiger partial charge in [0, 0.05) is 24.5 Å². The lowest BCUT2D eigenvalue weighted by Crippen LogP contribution is -2.43. The molecule has 1 heterocycles. The molecule has 120 valence electrons. The second kappa shape index (κ2) is 8.92. The third-order valence-corrected chi connectivity index (χ3v) is 5.78. The molecule has 0 bridgehead atoms. The minimum Gasteiger partial charge on any atom is -0.316 e. The van der Waals surface area contributed by atoms with Crippen LogP contribution >= 0.6 is 11.3 Å². The first-order valence-electron chi connectivity index (χ1n) is 8.66. The molecule has 0 saturated heterocycles. The molecule has 3 heteroatoms. The van der Waals surface area contributed by atoms with Crippen molar-refractivity contribution in [1.29, 1.82) is 0 Å². The molecule has 2 rings (SSSR count). The van der Waals surface area contributed by atoms with Gasteiger partial charge in [0.05, 0.1) is 0 Å². The summed E-state index contributed by atoms with van der Waals surface area (Å²) in [7, 11) is 2.31. The van der Waals surface area contributed by atoms with Gasteiger partial charge in [0.25, 0.3) is 0 Å². The van der Waals surface area contributed by atoms with Gasteiger partial charge in [-0.3, -0.25) is 0 Å². The van der Waals surface area contributed by atoms with Crippen molar-refractivity contribution in [1.82, 2.24) is 10.2 Å². The van der Waals surface area contributed by atoms with Crippen molar-refractivity contribution in [3.8, 4) is 0 Å². The molecule has 0 radical (unpaired) electrons. The summed E-state index contributed by atoms with van der Waals surface area (Å²) in [5.41, 5.74) is 0.511. The zero-order chi connectivity index (χ0) is 15.0. The lowest BCUT2D eigenvalue weighted by atomic mass is 9.79. The van der Waals surface area contributed by atoms with E-state index in [9.17, 15) is 0 Å². The smallest absolute Gasteiger partial charge is 0.00579 e. The molecule has 0 atom stereocenters. The molecule has 2 nitrogen and oxygen atoms in total. The number of hydrogen-bond donors (Lipinski definition) is 1. The predicted molar refractivity (Wildman–Crippen MR) is 94.2 cm³/mol. The summed E-state index contributed by atoms with van der Waals surface area (Å²) in [5, 5.41) is 5.82. The predicted octanol–water partition coefficient (Wildman–Crippen LogP) is 4.17. The van der Waals surface area contributed by atoms with E-state index >= 15 is 0 Å². The van der Waals surface area contributed by atoms with Gasteiger partial charge in [-0.05, 0) is 49.7 Å². The maximum Gasteiger partial charge on any atom is 0.00579 e. The van der Waals surface area contributed by atoms with Gasteiger partial charge >= 0.3 is 0 Å². The number of nitrogens with one attached hydrogen (secondary N) is 1. The molecule has 0 aromatic carbocycles. The molecule has 1 N–H and O–H groups in total. The second-order valence-electron chi connectivity index (χ2n) is 6.76. The Balaban J connectivity index is 1.86. The van der Waals surface area contributed by atoms with E-state index in [1.54, 1.807) is 0 Å². The molecule has 0 spiro atoms. The number of likely N-dealkylation sites (N-methyl/N-ethyl adjacent to an activating group) is 1. The average molecular weight is 309 g/mol. The van der Waals surface area contributed by atoms with Crippen molar-refractivity contribution in [2.45, 2.75) is 51.9 Å². The van der Waals surface area contributed by atoms with E-state index in [1.807, 2.05) is 11.3 Å². The highest BCUT2D eigenvalue weighted by molar-refractivity contribution is 7.09. The Hall–Kier alpha value is -0.380. The van der Waals surface area contributed by atoms with Gasteiger partial charge < -0.3 is 10.2 Å². The van der Waals surface area contributed by atoms with E-state index in [1.165, 1.54) is 69.5 Å². The first-order valence-corrected chi connectivity index (χ1v) is 9.54. The molecule has 0 aliphatic heterocycles. The minimum atomic E-state index is 0.511. The lowest BCUT2D eigenvalue weighted by molar-refractivity contribution is 0.148. The van der Waals surface area contributed by atoms with Crippen molar-refractivity contribution >= 4 is 11.3 Å². The van der Waals surface area contributed by atoms with Crippen LogP contribution in [0, 0.1) is 5.41 Å². The average Bonchev–Trinajstić information content (AvgIpc) is 2.90. The number of thiophene rings is 1. The summed E-state index contributed by atoms with van der Waals surface area (Å²) in [6.45, 7) is 6.97. The van der Waals surface area contributed by atoms with Gasteiger partial charge in [0.15, 0.2) is 0 Å². The van der Waals surface area contributed by atoms with Crippen LogP contribution in [0.15, 0.2) is 17.5 Å². The first kappa shape index (κ1) is 17.0. The van der Waals surface area contributed by atoms with Crippen LogP contribution in [0.3, 0.4) is 0 Å². The second-order valence-corrected chi connectivity index (χ2v) is 7.79. The van der Waals surface area contributed by atoms with Crippen molar-refractivity contribution < 1.29 is 0 Å². The number of rotatable bonds is 8. The van der Waals surface area contributed by atoms with Crippen LogP contribution in [0.5, 0.6) is 0 Å². The Bertz CT molecular complexity index is 367. The van der Waals surface area contributed by atoms with Gasteiger partial charge in [0.1, 0.15) is 0 Å². The van der Waals surface area contributed by atoms with Crippen LogP contribution in [-0.4, -0.2) is 38.1 Å². The normalized spacial score (nSPS) is 18.8. The molecule has 1 aromatic rings. The monoisotopic (exact) mass is 308 g/mol. The fraction of sp³-hybridized carbons (Fsp3) is 0.778. The maximum absolute atomic E-state index is 3.64. The Morgan fingerprint density at radius 3 is 2.62 bits per heavy atom. The van der Waals surface area contributed by atoms with Gasteiger partial charge in [-0.1, -0.05) is 38.7 Å². The van der Waals surface area contributed by atoms with Gasteiger partial charge in [-0.15, -0.1) is 11.3 Å². The molecule has 21 heavy (non-hydrogen) atoms. The third-order valence-electron chi connectivity index (χ3n) is 4.84. The molecular formula is C18H32N2S. The van der Waals surface area contributed by atoms with E-state index in [0.717, 1.165) is 6.54 Å². The van der Waals surface area contributed by atoms with Crippen LogP contribution in [-0.2, 0) is 6.42 Å². The van der Waals surface area contributed by atoms with E-state index in [-0.39, 0.29) is 0 Å². The van der Waals surface area contributed by atoms with E-state index < -0.39 is 0 Å². The van der Waals surface area contributed by atoms with Crippen LogP contribution in [0.2, 0.25) is 0 Å². The van der Waals surface area contributed by atoms with Crippen LogP contribution < -0.4 is 5.32 Å². The highest BCUT2D eigenvalue weighted by Gasteiger charge is 2.31. The van der Waals surface area contributed by atoms with Crippen molar-refractivity contribution in [3.05, 3.63) is 22.4 Å². The standard InChI is InChI=1S/C18H32N2S/c1-3-19-15-18(11-6-4-5-7-12-18)16-20(2)13-10-17-9-8-14-21-17/h8-9,14,19H,3-7,10-13,15-16H2,1-2H3. The molecule has 1 aliphatic carbocycles. The van der Waals surface area contributed by atoms with Crippen molar-refractivity contribution in [3.63, 3.8) is 0 Å². The highest BCUT2D eigenvalue weighted by Crippen LogP contribution is 2.35. The van der Waals surface area contributed by atoms with Crippen LogP contribution in [0.1, 0.15) is 50.3 Å². The summed E-state index contributed by atoms with van der Waals surface area (Å²) in [6, 6.07) is 4.43. The topological polar surface area (TPSA) is 15.3 Å². The highest BCUT2D eigenvalue weighted by atomic mass is 32.1. The largest absolute Gasteiger partial charge is 0.316 e. The maximum atomic E-state index is 3.64. The van der Waals surface area contributed by atoms with Crippen LogP contribution in [0.25, 0.3) is 0 Å². The molecule has 1 aromatic heterocycles. The van der Waals surface area contributed by atoms with Crippen molar-refractivity contribution in [2.75, 3.05) is 33.2 Å². The molecular weight excluding hydrogens is 276 g/mol. The third kappa shape index (κ3) is 5.72. The zero-order valence-corrected chi connectivity index (χ0v) is 14.7. The van der Waals surface area contributed by atoms with Gasteiger partial charge in [-0.25, -0.2) is 0 Å². The quantitative estimate of drug-likeness (QED) is 0.725. The molecule has 0 amide bonds. The molecule has 1 saturated carbocycles. The summed E-state index contributed by atoms with van der Waals surface area (Å²) < 4.78 is 0. The Morgan fingerprint density at radius 1 is 1.24 bits per heavy atom. The zero-order valence-electron chi connectivity index (χ0n) is 13.9. The summed E-state index contributed by atoms with van der Waals surface area (Å²) in [6.07, 6.45) is 9.73. The number of nitrogens with zero attached hydrogens (tertiary/aromatic N) is 1. The molecule has 1 aliphatic rings. The summed E-state index contributed by atoms with van der Waals surface area (Å²) >= 11 is 1.89. The summed E-state index contributed by atoms with van der Waals surface area (Å²) in [4.78, 5) is 4.09. The Labute approximate surface area is 134 Å². The molecule has 0 unspecified atom stereocenters. The van der Waals surface area contributed by atoms with E-state index in [4.69, 9.17) is 0 Å². The van der Waals surface area contributed by atoms with E-state index in [2.05, 4.69) is 41.7 Å². The van der Waals surface area contributed by atoms with Gasteiger partial charge in [-0.2, -0.15) is 0 Å². The minimum absolute atomic E-state index is 0.511. The van der Waals surface area contributed by atoms with Crippen molar-refractivity contribution in [2.24, 2.45) is 5.41 Å². The molecule has 1 fully saturated rings. The van der Waals surface area contributed by atoms with E-state index in [0.29, 0.717) is 5.41 Å². The van der Waals surface area contributed by atoms with Crippen LogP contribution in [0.4, 0.5) is 0 Å². The summed E-state index contributed by atoms with van der Waals surface area (Å²) in [5.74, 6) is 0. The fourth-order valence-corrected chi connectivity index (χ4v) is 4.37. The lowest BCUT2D eigenvalue weighted by Gasteiger charge is -2.37. The first-order chi connectivity index (χ1) is 10.2. The SMILES string of the molecule is CCNCC1(CN(C)CCc2cccs2)CCCCCC1. The van der Waals surface area contributed by atoms with Gasteiger partial charge in [0.2, 0.25) is 0 Å². The fourth-order valence-electron chi connectivity index (χ4n) is 3.67. The Kier molecular flexibility index (Phi) is 7.21.